The van der Waals surface area contributed by atoms with Crippen molar-refractivity contribution in [2.45, 2.75) is 23.4 Å². The van der Waals surface area contributed by atoms with E-state index in [4.69, 9.17) is 5.73 Å². The number of sulfonamides is 1. The van der Waals surface area contributed by atoms with Gasteiger partial charge in [-0.15, -0.1) is 0 Å². The summed E-state index contributed by atoms with van der Waals surface area (Å²) in [6.45, 7) is 0. The zero-order chi connectivity index (χ0) is 11.1. The number of nitrogens with zero attached hydrogens (tertiary/aromatic N) is 1. The zero-order valence-corrected chi connectivity index (χ0v) is 10.1. The summed E-state index contributed by atoms with van der Waals surface area (Å²) in [6.07, 6.45) is 3.53. The van der Waals surface area contributed by atoms with Crippen molar-refractivity contribution in [3.63, 3.8) is 0 Å². The van der Waals surface area contributed by atoms with Gasteiger partial charge in [0.25, 0.3) is 0 Å². The van der Waals surface area contributed by atoms with Crippen LogP contribution in [0, 0.1) is 0 Å². The van der Waals surface area contributed by atoms with Gasteiger partial charge in [-0.05, 0) is 28.4 Å². The second kappa shape index (κ2) is 3.82. The number of nitrogens with two attached hydrogens (primary N) is 1. The standard InChI is InChI=1S/C8H10BrN3O2S/c9-5-1-6(4-11-3-5)15(13,14)12-8-2-7(8)10/h1,3-4,7-8,12H,2,10H2. The third-order valence-electron chi connectivity index (χ3n) is 2.14. The van der Waals surface area contributed by atoms with Gasteiger partial charge in [0.15, 0.2) is 0 Å². The van der Waals surface area contributed by atoms with Crippen molar-refractivity contribution in [3.05, 3.63) is 22.9 Å². The third-order valence-corrected chi connectivity index (χ3v) is 4.03. The van der Waals surface area contributed by atoms with Gasteiger partial charge in [0.1, 0.15) is 4.90 Å². The molecule has 7 heteroatoms. The minimum absolute atomic E-state index is 0.0557. The molecule has 0 amide bonds. The molecule has 1 fully saturated rings. The van der Waals surface area contributed by atoms with Gasteiger partial charge in [0, 0.05) is 29.0 Å². The molecule has 1 aromatic rings. The van der Waals surface area contributed by atoms with E-state index in [1.165, 1.54) is 18.5 Å². The Balaban J connectivity index is 2.21. The van der Waals surface area contributed by atoms with Crippen molar-refractivity contribution in [2.24, 2.45) is 5.73 Å². The van der Waals surface area contributed by atoms with Crippen molar-refractivity contribution in [1.29, 1.82) is 0 Å². The first-order valence-corrected chi connectivity index (χ1v) is 6.65. The number of halogens is 1. The van der Waals surface area contributed by atoms with Crippen LogP contribution < -0.4 is 10.5 Å². The molecule has 82 valence electrons. The Morgan fingerprint density at radius 1 is 1.53 bits per heavy atom. The summed E-state index contributed by atoms with van der Waals surface area (Å²) in [7, 11) is -3.47. The number of hydrogen-bond donors (Lipinski definition) is 2. The maximum Gasteiger partial charge on any atom is 0.242 e. The van der Waals surface area contributed by atoms with E-state index in [0.29, 0.717) is 10.9 Å². The molecule has 0 spiro atoms. The van der Waals surface area contributed by atoms with Gasteiger partial charge in [0.2, 0.25) is 10.0 Å². The van der Waals surface area contributed by atoms with Crippen molar-refractivity contribution < 1.29 is 8.42 Å². The van der Waals surface area contributed by atoms with Crippen LogP contribution in [0.1, 0.15) is 6.42 Å². The van der Waals surface area contributed by atoms with Crippen molar-refractivity contribution in [1.82, 2.24) is 9.71 Å². The van der Waals surface area contributed by atoms with Gasteiger partial charge in [-0.25, -0.2) is 13.1 Å². The quantitative estimate of drug-likeness (QED) is 0.834. The van der Waals surface area contributed by atoms with Gasteiger partial charge in [-0.2, -0.15) is 0 Å². The highest BCUT2D eigenvalue weighted by Gasteiger charge is 2.37. The number of pyridine rings is 1. The van der Waals surface area contributed by atoms with Crippen LogP contribution in [-0.2, 0) is 10.0 Å². The molecular formula is C8H10BrN3O2S. The predicted octanol–water partition coefficient (Wildman–Crippen LogP) is 0.222. The van der Waals surface area contributed by atoms with Gasteiger partial charge < -0.3 is 5.73 Å². The average Bonchev–Trinajstić information content (AvgIpc) is 2.80. The van der Waals surface area contributed by atoms with Crippen LogP contribution in [0.25, 0.3) is 0 Å². The highest BCUT2D eigenvalue weighted by molar-refractivity contribution is 9.10. The molecule has 1 aliphatic carbocycles. The summed E-state index contributed by atoms with van der Waals surface area (Å²) >= 11 is 3.17. The van der Waals surface area contributed by atoms with E-state index < -0.39 is 10.0 Å². The SMILES string of the molecule is NC1CC1NS(=O)(=O)c1cncc(Br)c1. The van der Waals surface area contributed by atoms with Gasteiger partial charge in [-0.1, -0.05) is 0 Å². The molecule has 5 nitrogen and oxygen atoms in total. The van der Waals surface area contributed by atoms with E-state index in [0.717, 1.165) is 0 Å². The molecule has 1 saturated carbocycles. The molecule has 3 N–H and O–H groups in total. The Morgan fingerprint density at radius 3 is 2.73 bits per heavy atom. The Kier molecular flexibility index (Phi) is 2.80. The Bertz CT molecular complexity index is 477. The lowest BCUT2D eigenvalue weighted by atomic mass is 10.5. The average molecular weight is 292 g/mol. The normalized spacial score (nSPS) is 25.2. The summed E-state index contributed by atoms with van der Waals surface area (Å²) in [4.78, 5) is 3.95. The minimum atomic E-state index is -3.47. The first kappa shape index (κ1) is 11.0. The Labute approximate surface area is 96.3 Å². The minimum Gasteiger partial charge on any atom is -0.326 e. The summed E-state index contributed by atoms with van der Waals surface area (Å²) in [5.41, 5.74) is 5.53. The molecule has 1 heterocycles. The zero-order valence-electron chi connectivity index (χ0n) is 7.72. The lowest BCUT2D eigenvalue weighted by molar-refractivity contribution is 0.579. The van der Waals surface area contributed by atoms with Gasteiger partial charge in [0.05, 0.1) is 0 Å². The molecule has 2 rings (SSSR count). The van der Waals surface area contributed by atoms with Crippen LogP contribution in [0.3, 0.4) is 0 Å². The first-order chi connectivity index (χ1) is 6.99. The fourth-order valence-electron chi connectivity index (χ4n) is 1.16. The van der Waals surface area contributed by atoms with E-state index >= 15 is 0 Å². The monoisotopic (exact) mass is 291 g/mol. The van der Waals surface area contributed by atoms with E-state index in [1.54, 1.807) is 0 Å². The topological polar surface area (TPSA) is 85.1 Å². The highest BCUT2D eigenvalue weighted by Crippen LogP contribution is 2.22. The summed E-state index contributed by atoms with van der Waals surface area (Å²) in [5.74, 6) is 0. The molecule has 0 aliphatic heterocycles. The first-order valence-electron chi connectivity index (χ1n) is 4.37. The molecule has 2 unspecified atom stereocenters. The van der Waals surface area contributed by atoms with E-state index in [1.807, 2.05) is 0 Å². The van der Waals surface area contributed by atoms with Crippen molar-refractivity contribution >= 4 is 26.0 Å². The van der Waals surface area contributed by atoms with E-state index in [9.17, 15) is 8.42 Å². The second-order valence-corrected chi connectivity index (χ2v) is 6.10. The maximum absolute atomic E-state index is 11.8. The van der Waals surface area contributed by atoms with Crippen LogP contribution in [0.5, 0.6) is 0 Å². The van der Waals surface area contributed by atoms with Crippen LogP contribution in [0.4, 0.5) is 0 Å². The summed E-state index contributed by atoms with van der Waals surface area (Å²) in [6, 6.07) is 1.32. The molecule has 1 aromatic heterocycles. The number of aromatic nitrogens is 1. The fourth-order valence-corrected chi connectivity index (χ4v) is 2.96. The van der Waals surface area contributed by atoms with Crippen LogP contribution in [0.15, 0.2) is 27.8 Å². The largest absolute Gasteiger partial charge is 0.326 e. The molecule has 0 aromatic carbocycles. The third kappa shape index (κ3) is 2.54. The molecule has 2 atom stereocenters. The summed E-state index contributed by atoms with van der Waals surface area (Å²) in [5, 5.41) is 0. The second-order valence-electron chi connectivity index (χ2n) is 3.47. The highest BCUT2D eigenvalue weighted by atomic mass is 79.9. The van der Waals surface area contributed by atoms with Gasteiger partial charge in [-0.3, -0.25) is 4.98 Å². The van der Waals surface area contributed by atoms with Gasteiger partial charge >= 0.3 is 0 Å². The number of nitrogens with one attached hydrogen (secondary N) is 1. The van der Waals surface area contributed by atoms with Crippen LogP contribution in [-0.4, -0.2) is 25.5 Å². The van der Waals surface area contributed by atoms with Crippen LogP contribution in [0.2, 0.25) is 0 Å². The fraction of sp³-hybridized carbons (Fsp3) is 0.375. The Morgan fingerprint density at radius 2 is 2.20 bits per heavy atom. The molecule has 0 bridgehead atoms. The van der Waals surface area contributed by atoms with E-state index in [-0.39, 0.29) is 17.0 Å². The lowest BCUT2D eigenvalue weighted by Crippen LogP contribution is -2.29. The molecule has 0 radical (unpaired) electrons. The van der Waals surface area contributed by atoms with Crippen LogP contribution >= 0.6 is 15.9 Å². The summed E-state index contributed by atoms with van der Waals surface area (Å²) < 4.78 is 26.6. The molecular weight excluding hydrogens is 282 g/mol. The number of hydrogen-bond acceptors (Lipinski definition) is 4. The predicted molar refractivity (Wildman–Crippen MR) is 58.6 cm³/mol. The lowest BCUT2D eigenvalue weighted by Gasteiger charge is -2.05. The number of rotatable bonds is 3. The van der Waals surface area contributed by atoms with Crippen molar-refractivity contribution in [2.75, 3.05) is 0 Å². The van der Waals surface area contributed by atoms with Crippen molar-refractivity contribution in [3.8, 4) is 0 Å². The molecule has 1 aliphatic rings. The van der Waals surface area contributed by atoms with E-state index in [2.05, 4.69) is 25.6 Å². The Hall–Kier alpha value is -0.500. The maximum atomic E-state index is 11.8. The smallest absolute Gasteiger partial charge is 0.242 e. The molecule has 15 heavy (non-hydrogen) atoms. The molecule has 0 saturated heterocycles.